The lowest BCUT2D eigenvalue weighted by Crippen LogP contribution is -1.90. The number of anilines is 1. The predicted octanol–water partition coefficient (Wildman–Crippen LogP) is 3.85. The number of azo groups is 1. The zero-order valence-corrected chi connectivity index (χ0v) is 10.9. The second kappa shape index (κ2) is 5.04. The van der Waals surface area contributed by atoms with Crippen molar-refractivity contribution in [2.45, 2.75) is 0 Å². The van der Waals surface area contributed by atoms with Crippen LogP contribution < -0.4 is 5.73 Å². The summed E-state index contributed by atoms with van der Waals surface area (Å²) in [5.41, 5.74) is 7.94. The second-order valence-corrected chi connectivity index (χ2v) is 4.38. The average molecular weight is 281 g/mol. The van der Waals surface area contributed by atoms with E-state index in [-0.39, 0.29) is 5.69 Å². The molecule has 21 heavy (non-hydrogen) atoms. The standard InChI is InChI=1S/C14H11N5O2/c15-14-9-12(13-3-1-2-8-18(13)14)17-16-10-4-6-11(7-5-10)19(20)21/h1-9H,15H2. The van der Waals surface area contributed by atoms with Crippen LogP contribution in [0.5, 0.6) is 0 Å². The van der Waals surface area contributed by atoms with E-state index in [1.54, 1.807) is 18.2 Å². The van der Waals surface area contributed by atoms with Gasteiger partial charge in [0.1, 0.15) is 11.5 Å². The van der Waals surface area contributed by atoms with Crippen molar-refractivity contribution in [2.75, 3.05) is 5.73 Å². The number of hydrogen-bond acceptors (Lipinski definition) is 5. The molecule has 2 N–H and O–H groups in total. The summed E-state index contributed by atoms with van der Waals surface area (Å²) in [5, 5.41) is 18.8. The van der Waals surface area contributed by atoms with E-state index in [0.29, 0.717) is 17.2 Å². The van der Waals surface area contributed by atoms with Crippen molar-refractivity contribution in [1.82, 2.24) is 4.40 Å². The van der Waals surface area contributed by atoms with Gasteiger partial charge < -0.3 is 10.1 Å². The molecule has 0 bridgehead atoms. The molecule has 0 atom stereocenters. The number of pyridine rings is 1. The SMILES string of the molecule is Nc1cc(N=Nc2ccc([N+](=O)[O-])cc2)c2ccccn12. The maximum atomic E-state index is 10.6. The first kappa shape index (κ1) is 12.8. The maximum absolute atomic E-state index is 10.6. The van der Waals surface area contributed by atoms with Gasteiger partial charge in [-0.1, -0.05) is 6.07 Å². The van der Waals surface area contributed by atoms with Gasteiger partial charge in [-0.05, 0) is 24.3 Å². The second-order valence-electron chi connectivity index (χ2n) is 4.38. The highest BCUT2D eigenvalue weighted by molar-refractivity contribution is 5.75. The molecular formula is C14H11N5O2. The quantitative estimate of drug-likeness (QED) is 0.448. The monoisotopic (exact) mass is 281 g/mol. The Morgan fingerprint density at radius 1 is 1.10 bits per heavy atom. The Morgan fingerprint density at radius 2 is 1.86 bits per heavy atom. The minimum absolute atomic E-state index is 0.0208. The Hall–Kier alpha value is -3.22. The van der Waals surface area contributed by atoms with Crippen LogP contribution in [0.15, 0.2) is 65.0 Å². The molecule has 3 aromatic rings. The molecule has 0 aliphatic carbocycles. The van der Waals surface area contributed by atoms with Crippen LogP contribution in [0, 0.1) is 10.1 Å². The number of fused-ring (bicyclic) bond motifs is 1. The Labute approximate surface area is 119 Å². The lowest BCUT2D eigenvalue weighted by atomic mass is 10.3. The Kier molecular flexibility index (Phi) is 3.07. The highest BCUT2D eigenvalue weighted by Crippen LogP contribution is 2.28. The van der Waals surface area contributed by atoms with E-state index in [9.17, 15) is 10.1 Å². The highest BCUT2D eigenvalue weighted by atomic mass is 16.6. The molecule has 0 aliphatic rings. The molecular weight excluding hydrogens is 270 g/mol. The molecule has 2 aromatic heterocycles. The number of benzene rings is 1. The van der Waals surface area contributed by atoms with Crippen molar-refractivity contribution in [3.63, 3.8) is 0 Å². The summed E-state index contributed by atoms with van der Waals surface area (Å²) in [6.07, 6.45) is 1.84. The first-order valence-electron chi connectivity index (χ1n) is 6.17. The summed E-state index contributed by atoms with van der Waals surface area (Å²) in [5.74, 6) is 0.572. The normalized spacial score (nSPS) is 11.2. The fourth-order valence-corrected chi connectivity index (χ4v) is 1.99. The van der Waals surface area contributed by atoms with E-state index in [2.05, 4.69) is 10.2 Å². The fraction of sp³-hybridized carbons (Fsp3) is 0. The van der Waals surface area contributed by atoms with Gasteiger partial charge in [-0.3, -0.25) is 10.1 Å². The van der Waals surface area contributed by atoms with Crippen LogP contribution in [0.1, 0.15) is 0 Å². The summed E-state index contributed by atoms with van der Waals surface area (Å²) in [6.45, 7) is 0. The van der Waals surface area contributed by atoms with Gasteiger partial charge >= 0.3 is 0 Å². The van der Waals surface area contributed by atoms with Crippen molar-refractivity contribution in [3.05, 3.63) is 64.8 Å². The van der Waals surface area contributed by atoms with E-state index in [1.165, 1.54) is 12.1 Å². The van der Waals surface area contributed by atoms with Gasteiger partial charge in [0.25, 0.3) is 5.69 Å². The number of hydrogen-bond donors (Lipinski definition) is 1. The smallest absolute Gasteiger partial charge is 0.269 e. The van der Waals surface area contributed by atoms with Gasteiger partial charge in [-0.15, -0.1) is 5.11 Å². The third kappa shape index (κ3) is 2.44. The molecule has 0 spiro atoms. The first-order valence-corrected chi connectivity index (χ1v) is 6.17. The van der Waals surface area contributed by atoms with Crippen molar-refractivity contribution in [1.29, 1.82) is 0 Å². The molecule has 1 aromatic carbocycles. The van der Waals surface area contributed by atoms with E-state index in [1.807, 2.05) is 28.8 Å². The van der Waals surface area contributed by atoms with Gasteiger partial charge in [-0.25, -0.2) is 0 Å². The zero-order chi connectivity index (χ0) is 14.8. The molecule has 0 unspecified atom stereocenters. The number of aromatic nitrogens is 1. The third-order valence-corrected chi connectivity index (χ3v) is 3.02. The third-order valence-electron chi connectivity index (χ3n) is 3.02. The predicted molar refractivity (Wildman–Crippen MR) is 79.1 cm³/mol. The molecule has 0 amide bonds. The molecule has 0 fully saturated rings. The largest absolute Gasteiger partial charge is 0.385 e. The van der Waals surface area contributed by atoms with Crippen LogP contribution in [-0.2, 0) is 0 Å². The summed E-state index contributed by atoms with van der Waals surface area (Å²) in [6, 6.07) is 13.2. The number of nitrogens with two attached hydrogens (primary N) is 1. The molecule has 7 heteroatoms. The van der Waals surface area contributed by atoms with Crippen LogP contribution in [0.4, 0.5) is 22.9 Å². The van der Waals surface area contributed by atoms with Gasteiger partial charge in [0.05, 0.1) is 16.1 Å². The highest BCUT2D eigenvalue weighted by Gasteiger charge is 2.06. The summed E-state index contributed by atoms with van der Waals surface area (Å²) >= 11 is 0. The van der Waals surface area contributed by atoms with Crippen LogP contribution in [-0.4, -0.2) is 9.32 Å². The van der Waals surface area contributed by atoms with E-state index in [4.69, 9.17) is 5.73 Å². The number of nitrogens with zero attached hydrogens (tertiary/aromatic N) is 4. The van der Waals surface area contributed by atoms with Crippen molar-refractivity contribution >= 4 is 28.4 Å². The molecule has 0 saturated heterocycles. The topological polar surface area (TPSA) is 98.3 Å². The van der Waals surface area contributed by atoms with Gasteiger partial charge in [0.2, 0.25) is 0 Å². The maximum Gasteiger partial charge on any atom is 0.269 e. The van der Waals surface area contributed by atoms with Gasteiger partial charge in [-0.2, -0.15) is 5.11 Å². The van der Waals surface area contributed by atoms with Gasteiger partial charge in [0, 0.05) is 24.4 Å². The Morgan fingerprint density at radius 3 is 2.57 bits per heavy atom. The number of non-ortho nitro benzene ring substituents is 1. The molecule has 104 valence electrons. The Balaban J connectivity index is 1.92. The minimum Gasteiger partial charge on any atom is -0.385 e. The lowest BCUT2D eigenvalue weighted by molar-refractivity contribution is -0.384. The summed E-state index contributed by atoms with van der Waals surface area (Å²) < 4.78 is 1.81. The van der Waals surface area contributed by atoms with E-state index < -0.39 is 4.92 Å². The fourth-order valence-electron chi connectivity index (χ4n) is 1.99. The van der Waals surface area contributed by atoms with Gasteiger partial charge in [0.15, 0.2) is 0 Å². The van der Waals surface area contributed by atoms with E-state index in [0.717, 1.165) is 5.52 Å². The summed E-state index contributed by atoms with van der Waals surface area (Å²) in [4.78, 5) is 10.1. The average Bonchev–Trinajstić information content (AvgIpc) is 2.83. The number of nitrogen functional groups attached to an aromatic ring is 1. The van der Waals surface area contributed by atoms with Crippen LogP contribution in [0.25, 0.3) is 5.52 Å². The van der Waals surface area contributed by atoms with Crippen molar-refractivity contribution < 1.29 is 4.92 Å². The molecule has 7 nitrogen and oxygen atoms in total. The molecule has 0 radical (unpaired) electrons. The number of nitro benzene ring substituents is 1. The Bertz CT molecular complexity index is 836. The molecule has 3 rings (SSSR count). The van der Waals surface area contributed by atoms with E-state index >= 15 is 0 Å². The molecule has 0 saturated carbocycles. The number of rotatable bonds is 3. The van der Waals surface area contributed by atoms with Crippen LogP contribution in [0.3, 0.4) is 0 Å². The van der Waals surface area contributed by atoms with Crippen molar-refractivity contribution in [2.24, 2.45) is 10.2 Å². The zero-order valence-electron chi connectivity index (χ0n) is 10.9. The van der Waals surface area contributed by atoms with Crippen molar-refractivity contribution in [3.8, 4) is 0 Å². The minimum atomic E-state index is -0.455. The first-order chi connectivity index (χ1) is 10.1. The molecule has 0 aliphatic heterocycles. The summed E-state index contributed by atoms with van der Waals surface area (Å²) in [7, 11) is 0. The molecule has 2 heterocycles. The van der Waals surface area contributed by atoms with Crippen LogP contribution >= 0.6 is 0 Å². The van der Waals surface area contributed by atoms with Crippen LogP contribution in [0.2, 0.25) is 0 Å². The number of nitro groups is 1. The lowest BCUT2D eigenvalue weighted by Gasteiger charge is -1.95.